The minimum atomic E-state index is 0.799. The van der Waals surface area contributed by atoms with Gasteiger partial charge in [0.15, 0.2) is 0 Å². The summed E-state index contributed by atoms with van der Waals surface area (Å²) in [6.07, 6.45) is 9.25. The van der Waals surface area contributed by atoms with E-state index < -0.39 is 0 Å². The summed E-state index contributed by atoms with van der Waals surface area (Å²) in [7, 11) is 0. The summed E-state index contributed by atoms with van der Waals surface area (Å²) in [6.45, 7) is 4.75. The molecular weight excluding hydrogens is 190 g/mol. The number of fused-ring (bicyclic) bond motifs is 1. The summed E-state index contributed by atoms with van der Waals surface area (Å²) in [5.74, 6) is 2.64. The van der Waals surface area contributed by atoms with Gasteiger partial charge in [-0.2, -0.15) is 0 Å². The predicted molar refractivity (Wildman–Crippen MR) is 64.8 cm³/mol. The van der Waals surface area contributed by atoms with E-state index in [0.717, 1.165) is 23.0 Å². The summed E-state index contributed by atoms with van der Waals surface area (Å²) in [4.78, 5) is 0. The van der Waals surface area contributed by atoms with Gasteiger partial charge in [-0.05, 0) is 43.0 Å². The van der Waals surface area contributed by atoms with Crippen LogP contribution in [-0.2, 0) is 0 Å². The number of rotatable bonds is 1. The first-order chi connectivity index (χ1) is 6.77. The average molecular weight is 211 g/mol. The van der Waals surface area contributed by atoms with Gasteiger partial charge in [-0.25, -0.2) is 4.40 Å². The van der Waals surface area contributed by atoms with Gasteiger partial charge in [0.25, 0.3) is 0 Å². The second-order valence-electron chi connectivity index (χ2n) is 5.07. The van der Waals surface area contributed by atoms with Crippen LogP contribution in [0.5, 0.6) is 0 Å². The highest BCUT2D eigenvalue weighted by Crippen LogP contribution is 2.38. The molecule has 1 aliphatic carbocycles. The third kappa shape index (κ3) is 2.33. The Kier molecular flexibility index (Phi) is 3.53. The molecule has 0 spiro atoms. The van der Waals surface area contributed by atoms with E-state index in [4.69, 9.17) is 0 Å². The van der Waals surface area contributed by atoms with Gasteiger partial charge in [0.05, 0.1) is 0 Å². The molecular formula is C12H21NS. The number of nitrogens with zero attached hydrogens (tertiary/aromatic N) is 1. The first-order valence-corrected chi connectivity index (χ1v) is 6.80. The van der Waals surface area contributed by atoms with Gasteiger partial charge in [0.2, 0.25) is 0 Å². The fourth-order valence-corrected chi connectivity index (χ4v) is 3.69. The zero-order chi connectivity index (χ0) is 9.97. The highest BCUT2D eigenvalue weighted by Gasteiger charge is 2.28. The average Bonchev–Trinajstić information content (AvgIpc) is 2.51. The molecule has 2 rings (SSSR count). The maximum absolute atomic E-state index is 4.37. The van der Waals surface area contributed by atoms with Crippen molar-refractivity contribution >= 4 is 18.2 Å². The van der Waals surface area contributed by atoms with Crippen molar-refractivity contribution in [2.45, 2.75) is 51.2 Å². The molecule has 0 aromatic carbocycles. The molecule has 0 radical (unpaired) electrons. The molecule has 80 valence electrons. The Hall–Kier alpha value is 0.0200. The van der Waals surface area contributed by atoms with E-state index in [9.17, 15) is 0 Å². The molecule has 0 aromatic rings. The molecule has 0 N–H and O–H groups in total. The Morgan fingerprint density at radius 2 is 2.07 bits per heavy atom. The van der Waals surface area contributed by atoms with Crippen molar-refractivity contribution in [3.05, 3.63) is 0 Å². The third-order valence-electron chi connectivity index (χ3n) is 3.80. The Morgan fingerprint density at radius 3 is 2.86 bits per heavy atom. The fraction of sp³-hybridized carbons (Fsp3) is 0.917. The SMILES string of the molecule is CC(C)C1CCCC2C=NSC2CC1. The van der Waals surface area contributed by atoms with Crippen LogP contribution in [0.25, 0.3) is 0 Å². The van der Waals surface area contributed by atoms with Crippen molar-refractivity contribution in [3.8, 4) is 0 Å². The third-order valence-corrected chi connectivity index (χ3v) is 4.90. The van der Waals surface area contributed by atoms with Gasteiger partial charge >= 0.3 is 0 Å². The molecule has 2 aliphatic rings. The summed E-state index contributed by atoms with van der Waals surface area (Å²) in [6, 6.07) is 0. The molecule has 1 heterocycles. The highest BCUT2D eigenvalue weighted by molar-refractivity contribution is 7.99. The molecule has 1 nitrogen and oxygen atoms in total. The molecule has 0 bridgehead atoms. The molecule has 0 aromatic heterocycles. The van der Waals surface area contributed by atoms with Gasteiger partial charge in [0, 0.05) is 17.4 Å². The highest BCUT2D eigenvalue weighted by atomic mass is 32.2. The van der Waals surface area contributed by atoms with Crippen LogP contribution >= 0.6 is 11.9 Å². The maximum Gasteiger partial charge on any atom is 0.0344 e. The minimum absolute atomic E-state index is 0.799. The van der Waals surface area contributed by atoms with Gasteiger partial charge in [0.1, 0.15) is 0 Å². The second kappa shape index (κ2) is 4.69. The van der Waals surface area contributed by atoms with Gasteiger partial charge < -0.3 is 0 Å². The zero-order valence-electron chi connectivity index (χ0n) is 9.28. The molecule has 3 unspecified atom stereocenters. The summed E-state index contributed by atoms with van der Waals surface area (Å²) in [5.41, 5.74) is 0. The van der Waals surface area contributed by atoms with E-state index >= 15 is 0 Å². The molecule has 1 aliphatic heterocycles. The van der Waals surface area contributed by atoms with E-state index in [1.807, 2.05) is 11.9 Å². The van der Waals surface area contributed by atoms with E-state index in [-0.39, 0.29) is 0 Å². The van der Waals surface area contributed by atoms with E-state index in [1.165, 1.54) is 32.1 Å². The van der Waals surface area contributed by atoms with Crippen LogP contribution in [0.4, 0.5) is 0 Å². The number of hydrogen-bond donors (Lipinski definition) is 0. The van der Waals surface area contributed by atoms with Crippen LogP contribution in [0.3, 0.4) is 0 Å². The Labute approximate surface area is 91.9 Å². The predicted octanol–water partition coefficient (Wildman–Crippen LogP) is 3.94. The van der Waals surface area contributed by atoms with E-state index in [0.29, 0.717) is 0 Å². The van der Waals surface area contributed by atoms with E-state index in [2.05, 4.69) is 24.5 Å². The molecule has 3 atom stereocenters. The van der Waals surface area contributed by atoms with Crippen molar-refractivity contribution in [1.29, 1.82) is 0 Å². The largest absolute Gasteiger partial charge is 0.228 e. The fourth-order valence-electron chi connectivity index (χ4n) is 2.70. The van der Waals surface area contributed by atoms with Crippen molar-refractivity contribution in [3.63, 3.8) is 0 Å². The first kappa shape index (κ1) is 10.5. The lowest BCUT2D eigenvalue weighted by Crippen LogP contribution is -2.21. The molecule has 2 heteroatoms. The van der Waals surface area contributed by atoms with Crippen molar-refractivity contribution in [1.82, 2.24) is 0 Å². The standard InChI is InChI=1S/C12H21NS/c1-9(2)10-4-3-5-11-8-13-14-12(11)7-6-10/h8-12H,3-7H2,1-2H3. The van der Waals surface area contributed by atoms with Crippen LogP contribution in [0.2, 0.25) is 0 Å². The second-order valence-corrected chi connectivity index (χ2v) is 6.10. The molecule has 1 fully saturated rings. The summed E-state index contributed by atoms with van der Waals surface area (Å²) >= 11 is 1.83. The minimum Gasteiger partial charge on any atom is -0.228 e. The lowest BCUT2D eigenvalue weighted by atomic mass is 9.81. The summed E-state index contributed by atoms with van der Waals surface area (Å²) < 4.78 is 4.37. The van der Waals surface area contributed by atoms with Crippen molar-refractivity contribution in [2.75, 3.05) is 0 Å². The molecule has 0 saturated heterocycles. The van der Waals surface area contributed by atoms with Crippen LogP contribution in [-0.4, -0.2) is 11.5 Å². The summed E-state index contributed by atoms with van der Waals surface area (Å²) in [5, 5.41) is 0.816. The van der Waals surface area contributed by atoms with Gasteiger partial charge in [-0.3, -0.25) is 0 Å². The van der Waals surface area contributed by atoms with Gasteiger partial charge in [-0.15, -0.1) is 0 Å². The smallest absolute Gasteiger partial charge is 0.0344 e. The Balaban J connectivity index is 1.90. The van der Waals surface area contributed by atoms with Crippen LogP contribution in [0.15, 0.2) is 4.40 Å². The Bertz CT molecular complexity index is 210. The maximum atomic E-state index is 4.37. The van der Waals surface area contributed by atoms with Crippen LogP contribution in [0, 0.1) is 17.8 Å². The zero-order valence-corrected chi connectivity index (χ0v) is 10.1. The Morgan fingerprint density at radius 1 is 1.21 bits per heavy atom. The quantitative estimate of drug-likeness (QED) is 0.598. The molecule has 0 amide bonds. The molecule has 1 saturated carbocycles. The monoisotopic (exact) mass is 211 g/mol. The first-order valence-electron chi connectivity index (χ1n) is 5.96. The lowest BCUT2D eigenvalue weighted by molar-refractivity contribution is 0.291. The topological polar surface area (TPSA) is 12.4 Å². The van der Waals surface area contributed by atoms with Crippen LogP contribution in [0.1, 0.15) is 46.0 Å². The van der Waals surface area contributed by atoms with E-state index in [1.54, 1.807) is 0 Å². The van der Waals surface area contributed by atoms with Crippen LogP contribution < -0.4 is 0 Å². The number of hydrogen-bond acceptors (Lipinski definition) is 2. The molecule has 14 heavy (non-hydrogen) atoms. The normalized spacial score (nSPS) is 38.1. The van der Waals surface area contributed by atoms with Crippen molar-refractivity contribution in [2.24, 2.45) is 22.2 Å². The van der Waals surface area contributed by atoms with Crippen molar-refractivity contribution < 1.29 is 0 Å². The van der Waals surface area contributed by atoms with Gasteiger partial charge in [-0.1, -0.05) is 26.7 Å². The lowest BCUT2D eigenvalue weighted by Gasteiger charge is -2.27.